The first-order valence-corrected chi connectivity index (χ1v) is 12.2. The van der Waals surface area contributed by atoms with Crippen molar-refractivity contribution in [3.05, 3.63) is 52.8 Å². The van der Waals surface area contributed by atoms with E-state index in [1.54, 1.807) is 0 Å². The fourth-order valence-electron chi connectivity index (χ4n) is 5.19. The highest BCUT2D eigenvalue weighted by Crippen LogP contribution is 2.38. The molecule has 178 valence electrons. The van der Waals surface area contributed by atoms with Crippen LogP contribution in [0.1, 0.15) is 55.9 Å². The number of carbonyl (C=O) groups excluding carboxylic acids is 1. The van der Waals surface area contributed by atoms with Gasteiger partial charge >= 0.3 is 5.97 Å². The van der Waals surface area contributed by atoms with Gasteiger partial charge in [-0.2, -0.15) is 4.98 Å². The lowest BCUT2D eigenvalue weighted by Gasteiger charge is -2.31. The molecule has 0 bridgehead atoms. The van der Waals surface area contributed by atoms with E-state index in [0.29, 0.717) is 23.7 Å². The monoisotopic (exact) mass is 460 g/mol. The molecule has 3 aromatic rings. The van der Waals surface area contributed by atoms with Crippen molar-refractivity contribution in [2.45, 2.75) is 65.3 Å². The molecule has 0 saturated carbocycles. The maximum Gasteiger partial charge on any atom is 0.319 e. The Balaban J connectivity index is 1.31. The fraction of sp³-hybridized carbons (Fsp3) is 0.481. The summed E-state index contributed by atoms with van der Waals surface area (Å²) in [6.45, 7) is 7.11. The van der Waals surface area contributed by atoms with Gasteiger partial charge in [0.25, 0.3) is 5.89 Å². The third-order valence-corrected chi connectivity index (χ3v) is 7.06. The molecule has 0 aliphatic heterocycles. The van der Waals surface area contributed by atoms with Gasteiger partial charge in [-0.1, -0.05) is 31.1 Å². The first-order valence-electron chi connectivity index (χ1n) is 12.2. The van der Waals surface area contributed by atoms with E-state index in [1.807, 2.05) is 19.3 Å². The highest BCUT2D eigenvalue weighted by molar-refractivity contribution is 5.71. The number of rotatable bonds is 6. The zero-order valence-corrected chi connectivity index (χ0v) is 20.2. The third-order valence-electron chi connectivity index (χ3n) is 7.06. The van der Waals surface area contributed by atoms with Crippen molar-refractivity contribution in [2.75, 3.05) is 13.2 Å². The second kappa shape index (κ2) is 9.29. The number of aryl methyl sites for hydroxylation is 1. The Hall–Kier alpha value is -3.06. The summed E-state index contributed by atoms with van der Waals surface area (Å²) in [7, 11) is 0. The van der Waals surface area contributed by atoms with E-state index in [1.165, 1.54) is 22.3 Å². The van der Waals surface area contributed by atoms with Crippen molar-refractivity contribution in [2.24, 2.45) is 5.41 Å². The molecule has 0 radical (unpaired) electrons. The van der Waals surface area contributed by atoms with Crippen molar-refractivity contribution < 1.29 is 14.1 Å². The van der Waals surface area contributed by atoms with E-state index in [2.05, 4.69) is 47.5 Å². The van der Waals surface area contributed by atoms with E-state index in [9.17, 15) is 4.79 Å². The van der Waals surface area contributed by atoms with Crippen molar-refractivity contribution in [1.82, 2.24) is 20.4 Å². The minimum atomic E-state index is -0.199. The van der Waals surface area contributed by atoms with Crippen LogP contribution in [0.5, 0.6) is 0 Å². The minimum Gasteiger partial charge on any atom is -0.465 e. The lowest BCUT2D eigenvalue weighted by Crippen LogP contribution is -2.38. The van der Waals surface area contributed by atoms with Crippen molar-refractivity contribution in [1.29, 1.82) is 0 Å². The molecular formula is C27H32N4O3. The molecule has 7 nitrogen and oxygen atoms in total. The molecule has 7 heteroatoms. The van der Waals surface area contributed by atoms with Gasteiger partial charge in [-0.05, 0) is 79.2 Å². The number of nitrogens with zero attached hydrogens (tertiary/aromatic N) is 3. The lowest BCUT2D eigenvalue weighted by atomic mass is 9.74. The van der Waals surface area contributed by atoms with E-state index in [4.69, 9.17) is 14.2 Å². The Kier molecular flexibility index (Phi) is 6.21. The molecule has 5 rings (SSSR count). The Bertz CT molecular complexity index is 1200. The zero-order chi connectivity index (χ0) is 23.7. The Morgan fingerprint density at radius 3 is 2.94 bits per heavy atom. The van der Waals surface area contributed by atoms with Crippen LogP contribution in [-0.2, 0) is 35.2 Å². The Labute approximate surface area is 200 Å². The van der Waals surface area contributed by atoms with Crippen LogP contribution >= 0.6 is 0 Å². The van der Waals surface area contributed by atoms with Crippen LogP contribution in [0.2, 0.25) is 0 Å². The molecule has 1 aromatic carbocycles. The number of fused-ring (bicyclic) bond motifs is 2. The van der Waals surface area contributed by atoms with Gasteiger partial charge < -0.3 is 14.6 Å². The van der Waals surface area contributed by atoms with Crippen molar-refractivity contribution in [3.8, 4) is 22.8 Å². The Morgan fingerprint density at radius 2 is 2.09 bits per heavy atom. The molecule has 1 unspecified atom stereocenters. The maximum absolute atomic E-state index is 11.6. The van der Waals surface area contributed by atoms with Gasteiger partial charge in [-0.3, -0.25) is 9.78 Å². The summed E-state index contributed by atoms with van der Waals surface area (Å²) in [5.41, 5.74) is 7.39. The van der Waals surface area contributed by atoms with Crippen molar-refractivity contribution in [3.63, 3.8) is 0 Å². The van der Waals surface area contributed by atoms with Crippen LogP contribution in [0.3, 0.4) is 0 Å². The van der Waals surface area contributed by atoms with Crippen LogP contribution in [0.4, 0.5) is 0 Å². The van der Waals surface area contributed by atoms with Gasteiger partial charge in [0.05, 0.1) is 18.7 Å². The minimum absolute atomic E-state index is 0.199. The molecule has 2 aromatic heterocycles. The molecule has 0 spiro atoms. The number of pyridine rings is 1. The molecule has 2 heterocycles. The molecule has 0 fully saturated rings. The van der Waals surface area contributed by atoms with Crippen LogP contribution in [0.25, 0.3) is 22.8 Å². The average molecular weight is 461 g/mol. The molecule has 1 N–H and O–H groups in total. The molecule has 34 heavy (non-hydrogen) atoms. The second-order valence-corrected chi connectivity index (χ2v) is 10.2. The molecular weight excluding hydrogens is 428 g/mol. The van der Waals surface area contributed by atoms with Crippen molar-refractivity contribution >= 4 is 5.97 Å². The van der Waals surface area contributed by atoms with E-state index >= 15 is 0 Å². The SMILES string of the molecule is CCOC(=O)CNC1CCc2cc(-c3noc(-c4cncc5c4CCC(C)(C)C5)n3)ccc2C1. The summed E-state index contributed by atoms with van der Waals surface area (Å²) in [5, 5.41) is 7.62. The summed E-state index contributed by atoms with van der Waals surface area (Å²) in [5.74, 6) is 0.948. The van der Waals surface area contributed by atoms with E-state index in [-0.39, 0.29) is 18.6 Å². The van der Waals surface area contributed by atoms with E-state index in [0.717, 1.165) is 49.7 Å². The summed E-state index contributed by atoms with van der Waals surface area (Å²) < 4.78 is 10.7. The predicted molar refractivity (Wildman–Crippen MR) is 129 cm³/mol. The number of carbonyl (C=O) groups is 1. The summed E-state index contributed by atoms with van der Waals surface area (Å²) in [6.07, 6.45) is 9.81. The number of ether oxygens (including phenoxy) is 1. The number of hydrogen-bond donors (Lipinski definition) is 1. The smallest absolute Gasteiger partial charge is 0.319 e. The first kappa shape index (κ1) is 22.7. The maximum atomic E-state index is 11.6. The lowest BCUT2D eigenvalue weighted by molar-refractivity contribution is -0.142. The molecule has 0 amide bonds. The number of benzene rings is 1. The predicted octanol–water partition coefficient (Wildman–Crippen LogP) is 4.32. The second-order valence-electron chi connectivity index (χ2n) is 10.2. The van der Waals surface area contributed by atoms with Crippen LogP contribution < -0.4 is 5.32 Å². The normalized spacial score (nSPS) is 18.7. The number of esters is 1. The largest absolute Gasteiger partial charge is 0.465 e. The summed E-state index contributed by atoms with van der Waals surface area (Å²) in [6, 6.07) is 6.66. The Morgan fingerprint density at radius 1 is 1.21 bits per heavy atom. The van der Waals surface area contributed by atoms with Gasteiger partial charge in [0.1, 0.15) is 0 Å². The summed E-state index contributed by atoms with van der Waals surface area (Å²) >= 11 is 0. The molecule has 1 atom stereocenters. The van der Waals surface area contributed by atoms with Crippen LogP contribution in [0.15, 0.2) is 35.1 Å². The standard InChI is InChI=1S/C27H32N4O3/c1-4-33-24(32)16-29-21-8-7-17-11-19(6-5-18(17)12-21)25-30-26(34-31-25)23-15-28-14-20-13-27(2,3)10-9-22(20)23/h5-6,11,14-15,21,29H,4,7-10,12-13,16H2,1-3H3. The van der Waals surface area contributed by atoms with Gasteiger partial charge in [0.15, 0.2) is 0 Å². The van der Waals surface area contributed by atoms with Crippen LogP contribution in [-0.4, -0.2) is 40.3 Å². The number of aromatic nitrogens is 3. The van der Waals surface area contributed by atoms with Crippen LogP contribution in [0, 0.1) is 5.41 Å². The topological polar surface area (TPSA) is 90.1 Å². The fourth-order valence-corrected chi connectivity index (χ4v) is 5.19. The van der Waals surface area contributed by atoms with E-state index < -0.39 is 0 Å². The average Bonchev–Trinajstić information content (AvgIpc) is 3.31. The summed E-state index contributed by atoms with van der Waals surface area (Å²) in [4.78, 5) is 20.8. The number of nitrogens with one attached hydrogen (secondary N) is 1. The number of hydrogen-bond acceptors (Lipinski definition) is 7. The molecule has 2 aliphatic rings. The highest BCUT2D eigenvalue weighted by atomic mass is 16.5. The first-order chi connectivity index (χ1) is 16.4. The van der Waals surface area contributed by atoms with Gasteiger partial charge in [-0.15, -0.1) is 0 Å². The molecule has 2 aliphatic carbocycles. The zero-order valence-electron chi connectivity index (χ0n) is 20.2. The van der Waals surface area contributed by atoms with Gasteiger partial charge in [-0.25, -0.2) is 0 Å². The van der Waals surface area contributed by atoms with Gasteiger partial charge in [0.2, 0.25) is 5.82 Å². The quantitative estimate of drug-likeness (QED) is 0.548. The van der Waals surface area contributed by atoms with Gasteiger partial charge in [0, 0.05) is 24.0 Å². The highest BCUT2D eigenvalue weighted by Gasteiger charge is 2.28. The molecule has 0 saturated heterocycles. The third kappa shape index (κ3) is 4.75.